The van der Waals surface area contributed by atoms with Gasteiger partial charge in [-0.3, -0.25) is 9.59 Å². The maximum Gasteiger partial charge on any atom is 0.314 e. The Bertz CT molecular complexity index is 456. The van der Waals surface area contributed by atoms with Crippen LogP contribution in [0.5, 0.6) is 0 Å². The van der Waals surface area contributed by atoms with Crippen molar-refractivity contribution in [2.75, 3.05) is 0 Å². The summed E-state index contributed by atoms with van der Waals surface area (Å²) in [5, 5.41) is 8.90. The predicted molar refractivity (Wildman–Crippen MR) is 106 cm³/mol. The van der Waals surface area contributed by atoms with Gasteiger partial charge in [0.15, 0.2) is 0 Å². The summed E-state index contributed by atoms with van der Waals surface area (Å²) >= 11 is 0. The summed E-state index contributed by atoms with van der Waals surface area (Å²) in [4.78, 5) is 22.0. The Kier molecular flexibility index (Phi) is 15.7. The second-order valence-corrected chi connectivity index (χ2v) is 6.17. The largest absolute Gasteiger partial charge is 0.481 e. The van der Waals surface area contributed by atoms with Crippen molar-refractivity contribution in [3.05, 3.63) is 48.6 Å². The Morgan fingerprint density at radius 2 is 1.28 bits per heavy atom. The summed E-state index contributed by atoms with van der Waals surface area (Å²) in [6, 6.07) is 0. The highest BCUT2D eigenvalue weighted by Crippen LogP contribution is 2.09. The van der Waals surface area contributed by atoms with E-state index in [2.05, 4.69) is 43.4 Å². The van der Waals surface area contributed by atoms with Gasteiger partial charge in [-0.25, -0.2) is 0 Å². The molecule has 0 aromatic carbocycles. The van der Waals surface area contributed by atoms with Crippen molar-refractivity contribution in [1.29, 1.82) is 0 Å². The SMILES string of the molecule is CCCCC/C=C\C/C=C\C/C=C\C/C=C\CCC(C(C)=O)C(=O)O. The molecule has 0 amide bonds. The number of allylic oxidation sites excluding steroid dienone is 8. The first-order valence-electron chi connectivity index (χ1n) is 9.42. The van der Waals surface area contributed by atoms with Crippen LogP contribution in [-0.2, 0) is 9.59 Å². The highest BCUT2D eigenvalue weighted by molar-refractivity contribution is 5.96. The number of carbonyl (C=O) groups is 2. The lowest BCUT2D eigenvalue weighted by Gasteiger charge is -2.05. The maximum absolute atomic E-state index is 11.2. The molecular weight excluding hydrogens is 312 g/mol. The molecule has 0 aromatic rings. The van der Waals surface area contributed by atoms with E-state index in [1.54, 1.807) is 0 Å². The molecule has 0 aromatic heterocycles. The van der Waals surface area contributed by atoms with E-state index in [0.717, 1.165) is 19.3 Å². The molecule has 0 fully saturated rings. The number of hydrogen-bond acceptors (Lipinski definition) is 2. The van der Waals surface area contributed by atoms with Crippen LogP contribution in [0.1, 0.15) is 71.6 Å². The average molecular weight is 347 g/mol. The van der Waals surface area contributed by atoms with Crippen molar-refractivity contribution in [3.8, 4) is 0 Å². The summed E-state index contributed by atoms with van der Waals surface area (Å²) in [7, 11) is 0. The van der Waals surface area contributed by atoms with Crippen LogP contribution < -0.4 is 0 Å². The van der Waals surface area contributed by atoms with E-state index in [-0.39, 0.29) is 5.78 Å². The van der Waals surface area contributed by atoms with Crippen LogP contribution in [0, 0.1) is 5.92 Å². The maximum atomic E-state index is 11.2. The van der Waals surface area contributed by atoms with Crippen LogP contribution in [0.25, 0.3) is 0 Å². The number of aliphatic carboxylic acids is 1. The van der Waals surface area contributed by atoms with Crippen LogP contribution in [0.2, 0.25) is 0 Å². The van der Waals surface area contributed by atoms with Gasteiger partial charge in [-0.2, -0.15) is 0 Å². The number of hydrogen-bond donors (Lipinski definition) is 1. The molecule has 1 unspecified atom stereocenters. The average Bonchev–Trinajstić information content (AvgIpc) is 2.57. The molecule has 0 radical (unpaired) electrons. The number of carboxylic acids is 1. The molecule has 1 N–H and O–H groups in total. The fourth-order valence-corrected chi connectivity index (χ4v) is 2.32. The monoisotopic (exact) mass is 346 g/mol. The first kappa shape index (κ1) is 23.1. The van der Waals surface area contributed by atoms with Gasteiger partial charge < -0.3 is 5.11 Å². The molecule has 0 spiro atoms. The lowest BCUT2D eigenvalue weighted by molar-refractivity contribution is -0.145. The zero-order valence-corrected chi connectivity index (χ0v) is 15.8. The minimum Gasteiger partial charge on any atom is -0.481 e. The quantitative estimate of drug-likeness (QED) is 0.224. The molecule has 140 valence electrons. The van der Waals surface area contributed by atoms with Crippen molar-refractivity contribution >= 4 is 11.8 Å². The standard InChI is InChI=1S/C22H34O3/c1-3-4-5-6-7-8-9-10-11-12-13-14-15-16-17-18-19-21(20(2)23)22(24)25/h7-8,10-11,13-14,16-17,21H,3-6,9,12,15,18-19H2,1-2H3,(H,24,25)/b8-7-,11-10-,14-13-,17-16-. The number of unbranched alkanes of at least 4 members (excludes halogenated alkanes) is 3. The van der Waals surface area contributed by atoms with Crippen molar-refractivity contribution in [2.24, 2.45) is 5.92 Å². The number of carboxylic acid groups (broad SMARTS) is 1. The van der Waals surface area contributed by atoms with Gasteiger partial charge >= 0.3 is 5.97 Å². The Labute approximate surface area is 153 Å². The predicted octanol–water partition coefficient (Wildman–Crippen LogP) is 6.03. The number of ketones is 1. The Morgan fingerprint density at radius 3 is 1.72 bits per heavy atom. The molecule has 0 saturated heterocycles. The van der Waals surface area contributed by atoms with E-state index >= 15 is 0 Å². The van der Waals surface area contributed by atoms with E-state index in [0.29, 0.717) is 12.8 Å². The van der Waals surface area contributed by atoms with Crippen LogP contribution in [0.15, 0.2) is 48.6 Å². The van der Waals surface area contributed by atoms with Gasteiger partial charge in [0.05, 0.1) is 0 Å². The molecule has 0 saturated carbocycles. The minimum atomic E-state index is -1.02. The van der Waals surface area contributed by atoms with E-state index < -0.39 is 11.9 Å². The molecule has 1 atom stereocenters. The van der Waals surface area contributed by atoms with Crippen LogP contribution in [0.4, 0.5) is 0 Å². The zero-order chi connectivity index (χ0) is 18.8. The molecular formula is C22H34O3. The topological polar surface area (TPSA) is 54.4 Å². The Morgan fingerprint density at radius 1 is 0.800 bits per heavy atom. The highest BCUT2D eigenvalue weighted by Gasteiger charge is 2.20. The van der Waals surface area contributed by atoms with E-state index in [1.807, 2.05) is 12.2 Å². The molecule has 0 bridgehead atoms. The molecule has 0 aliphatic heterocycles. The number of carbonyl (C=O) groups excluding carboxylic acids is 1. The fourth-order valence-electron chi connectivity index (χ4n) is 2.32. The summed E-state index contributed by atoms with van der Waals surface area (Å²) in [6.45, 7) is 3.56. The molecule has 0 aliphatic rings. The molecule has 0 heterocycles. The third-order valence-corrected chi connectivity index (χ3v) is 3.87. The van der Waals surface area contributed by atoms with Gasteiger partial charge in [0.1, 0.15) is 11.7 Å². The molecule has 3 nitrogen and oxygen atoms in total. The Hall–Kier alpha value is -1.90. The van der Waals surface area contributed by atoms with E-state index in [9.17, 15) is 9.59 Å². The normalized spacial score (nSPS) is 13.5. The number of rotatable bonds is 15. The lowest BCUT2D eigenvalue weighted by atomic mass is 9.99. The lowest BCUT2D eigenvalue weighted by Crippen LogP contribution is -2.20. The fraction of sp³-hybridized carbons (Fsp3) is 0.545. The van der Waals surface area contributed by atoms with Crippen molar-refractivity contribution in [3.63, 3.8) is 0 Å². The third kappa shape index (κ3) is 15.4. The van der Waals surface area contributed by atoms with E-state index in [4.69, 9.17) is 5.11 Å². The van der Waals surface area contributed by atoms with Crippen molar-refractivity contribution in [2.45, 2.75) is 71.6 Å². The summed E-state index contributed by atoms with van der Waals surface area (Å²) < 4.78 is 0. The van der Waals surface area contributed by atoms with Gasteiger partial charge in [0, 0.05) is 0 Å². The molecule has 25 heavy (non-hydrogen) atoms. The second kappa shape index (κ2) is 16.9. The van der Waals surface area contributed by atoms with Gasteiger partial charge in [-0.05, 0) is 51.9 Å². The highest BCUT2D eigenvalue weighted by atomic mass is 16.4. The van der Waals surface area contributed by atoms with Crippen molar-refractivity contribution < 1.29 is 14.7 Å². The first-order valence-corrected chi connectivity index (χ1v) is 9.42. The zero-order valence-electron chi connectivity index (χ0n) is 15.8. The van der Waals surface area contributed by atoms with Gasteiger partial charge in [-0.1, -0.05) is 68.4 Å². The van der Waals surface area contributed by atoms with Crippen molar-refractivity contribution in [1.82, 2.24) is 0 Å². The van der Waals surface area contributed by atoms with Crippen LogP contribution in [-0.4, -0.2) is 16.9 Å². The van der Waals surface area contributed by atoms with E-state index in [1.165, 1.54) is 32.6 Å². The summed E-state index contributed by atoms with van der Waals surface area (Å²) in [5.74, 6) is -2.17. The van der Waals surface area contributed by atoms with Gasteiger partial charge in [-0.15, -0.1) is 0 Å². The summed E-state index contributed by atoms with van der Waals surface area (Å²) in [5.41, 5.74) is 0. The minimum absolute atomic E-state index is 0.275. The molecule has 3 heteroatoms. The van der Waals surface area contributed by atoms with Crippen LogP contribution >= 0.6 is 0 Å². The Balaban J connectivity index is 3.67. The smallest absolute Gasteiger partial charge is 0.314 e. The second-order valence-electron chi connectivity index (χ2n) is 6.17. The third-order valence-electron chi connectivity index (χ3n) is 3.87. The molecule has 0 aliphatic carbocycles. The van der Waals surface area contributed by atoms with Gasteiger partial charge in [0.2, 0.25) is 0 Å². The first-order chi connectivity index (χ1) is 12.1. The molecule has 0 rings (SSSR count). The summed E-state index contributed by atoms with van der Waals surface area (Å²) in [6.07, 6.45) is 25.9. The number of Topliss-reactive ketones (excluding diaryl/α,β-unsaturated/α-hetero) is 1. The van der Waals surface area contributed by atoms with Gasteiger partial charge in [0.25, 0.3) is 0 Å². The van der Waals surface area contributed by atoms with Crippen LogP contribution in [0.3, 0.4) is 0 Å².